The minimum atomic E-state index is -3.96. The Balaban J connectivity index is 2.17. The van der Waals surface area contributed by atoms with E-state index >= 15 is 0 Å². The predicted molar refractivity (Wildman–Crippen MR) is 65.4 cm³/mol. The van der Waals surface area contributed by atoms with Crippen molar-refractivity contribution in [2.45, 2.75) is 24.2 Å². The fraction of sp³-hybridized carbons (Fsp3) is 0.364. The van der Waals surface area contributed by atoms with E-state index in [-0.39, 0.29) is 22.4 Å². The Kier molecular flexibility index (Phi) is 3.59. The molecule has 1 aromatic carbocycles. The molecule has 0 unspecified atom stereocenters. The van der Waals surface area contributed by atoms with Crippen LogP contribution < -0.4 is 5.32 Å². The zero-order valence-electron chi connectivity index (χ0n) is 9.32. The van der Waals surface area contributed by atoms with Crippen molar-refractivity contribution in [3.63, 3.8) is 0 Å². The number of amides is 1. The van der Waals surface area contributed by atoms with E-state index in [1.807, 2.05) is 0 Å². The molecule has 0 aromatic heterocycles. The molecule has 1 amide bonds. The molecule has 2 rings (SSSR count). The number of carbonyl (C=O) groups is 1. The first kappa shape index (κ1) is 13.3. The molecule has 7 heteroatoms. The standard InChI is InChI=1S/C11H11ClFNO3S/c12-18(16,17)8-4-5-10(9(13)6-8)14-11(15)7-2-1-3-7/h4-7H,1-3H2,(H,14,15). The van der Waals surface area contributed by atoms with Gasteiger partial charge in [0.25, 0.3) is 9.05 Å². The Hall–Kier alpha value is -1.14. The van der Waals surface area contributed by atoms with E-state index in [0.29, 0.717) is 0 Å². The first-order valence-electron chi connectivity index (χ1n) is 5.43. The fourth-order valence-corrected chi connectivity index (χ4v) is 2.42. The van der Waals surface area contributed by atoms with E-state index in [0.717, 1.165) is 31.4 Å². The first-order chi connectivity index (χ1) is 8.38. The number of anilines is 1. The second kappa shape index (κ2) is 4.85. The van der Waals surface area contributed by atoms with Crippen molar-refractivity contribution in [3.8, 4) is 0 Å². The SMILES string of the molecule is O=C(Nc1ccc(S(=O)(=O)Cl)cc1F)C1CCC1. The highest BCUT2D eigenvalue weighted by atomic mass is 35.7. The summed E-state index contributed by atoms with van der Waals surface area (Å²) in [6.07, 6.45) is 2.62. The summed E-state index contributed by atoms with van der Waals surface area (Å²) in [7, 11) is 1.13. The minimum absolute atomic E-state index is 0.0315. The smallest absolute Gasteiger partial charge is 0.261 e. The summed E-state index contributed by atoms with van der Waals surface area (Å²) in [6, 6.07) is 3.14. The van der Waals surface area contributed by atoms with Gasteiger partial charge in [-0.3, -0.25) is 4.79 Å². The van der Waals surface area contributed by atoms with Gasteiger partial charge in [-0.15, -0.1) is 0 Å². The third-order valence-electron chi connectivity index (χ3n) is 2.96. The molecule has 0 bridgehead atoms. The van der Waals surface area contributed by atoms with Gasteiger partial charge < -0.3 is 5.32 Å². The van der Waals surface area contributed by atoms with Gasteiger partial charge in [-0.2, -0.15) is 0 Å². The Bertz CT molecular complexity index is 584. The number of halogens is 2. The van der Waals surface area contributed by atoms with Crippen LogP contribution in [0.25, 0.3) is 0 Å². The number of carbonyl (C=O) groups excluding carboxylic acids is 1. The second-order valence-electron chi connectivity index (χ2n) is 4.20. The van der Waals surface area contributed by atoms with E-state index in [9.17, 15) is 17.6 Å². The van der Waals surface area contributed by atoms with Crippen LogP contribution in [0, 0.1) is 11.7 Å². The Morgan fingerprint density at radius 3 is 2.50 bits per heavy atom. The highest BCUT2D eigenvalue weighted by Gasteiger charge is 2.26. The lowest BCUT2D eigenvalue weighted by Gasteiger charge is -2.24. The van der Waals surface area contributed by atoms with Gasteiger partial charge in [-0.05, 0) is 31.0 Å². The van der Waals surface area contributed by atoms with Gasteiger partial charge in [0.2, 0.25) is 5.91 Å². The van der Waals surface area contributed by atoms with Gasteiger partial charge in [0.15, 0.2) is 0 Å². The maximum absolute atomic E-state index is 13.6. The summed E-state index contributed by atoms with van der Waals surface area (Å²) in [6.45, 7) is 0. The molecule has 0 aliphatic heterocycles. The summed E-state index contributed by atoms with van der Waals surface area (Å²) in [5, 5.41) is 2.44. The summed E-state index contributed by atoms with van der Waals surface area (Å²) in [5.41, 5.74) is -0.0315. The molecule has 1 fully saturated rings. The molecule has 4 nitrogen and oxygen atoms in total. The van der Waals surface area contributed by atoms with Gasteiger partial charge in [-0.1, -0.05) is 6.42 Å². The van der Waals surface area contributed by atoms with Crippen molar-refractivity contribution in [1.29, 1.82) is 0 Å². The van der Waals surface area contributed by atoms with Crippen LogP contribution in [0.3, 0.4) is 0 Å². The largest absolute Gasteiger partial charge is 0.323 e. The highest BCUT2D eigenvalue weighted by molar-refractivity contribution is 8.13. The Morgan fingerprint density at radius 1 is 1.39 bits per heavy atom. The van der Waals surface area contributed by atoms with Gasteiger partial charge in [0.05, 0.1) is 10.6 Å². The van der Waals surface area contributed by atoms with Crippen molar-refractivity contribution < 1.29 is 17.6 Å². The lowest BCUT2D eigenvalue weighted by atomic mass is 9.85. The molecule has 0 atom stereocenters. The van der Waals surface area contributed by atoms with Crippen LogP contribution in [0.15, 0.2) is 23.1 Å². The van der Waals surface area contributed by atoms with Crippen molar-refractivity contribution in [3.05, 3.63) is 24.0 Å². The Morgan fingerprint density at radius 2 is 2.06 bits per heavy atom. The van der Waals surface area contributed by atoms with Crippen LogP contribution in [-0.4, -0.2) is 14.3 Å². The molecule has 1 aliphatic rings. The van der Waals surface area contributed by atoms with Gasteiger partial charge in [0, 0.05) is 16.6 Å². The molecule has 98 valence electrons. The molecular formula is C11H11ClFNO3S. The predicted octanol–water partition coefficient (Wildman–Crippen LogP) is 2.49. The summed E-state index contributed by atoms with van der Waals surface area (Å²) in [4.78, 5) is 11.3. The highest BCUT2D eigenvalue weighted by Crippen LogP contribution is 2.28. The van der Waals surface area contributed by atoms with E-state index < -0.39 is 14.9 Å². The quantitative estimate of drug-likeness (QED) is 0.870. The van der Waals surface area contributed by atoms with Crippen LogP contribution in [0.5, 0.6) is 0 Å². The lowest BCUT2D eigenvalue weighted by Crippen LogP contribution is -2.28. The number of rotatable bonds is 3. The number of nitrogens with one attached hydrogen (secondary N) is 1. The third kappa shape index (κ3) is 2.81. The molecule has 0 heterocycles. The molecular weight excluding hydrogens is 281 g/mol. The monoisotopic (exact) mass is 291 g/mol. The first-order valence-corrected chi connectivity index (χ1v) is 7.74. The van der Waals surface area contributed by atoms with Crippen LogP contribution in [0.1, 0.15) is 19.3 Å². The molecule has 0 spiro atoms. The third-order valence-corrected chi connectivity index (χ3v) is 4.31. The normalized spacial score (nSPS) is 16.1. The summed E-state index contributed by atoms with van der Waals surface area (Å²) >= 11 is 0. The van der Waals surface area contributed by atoms with Crippen molar-refractivity contribution >= 4 is 31.3 Å². The van der Waals surface area contributed by atoms with Crippen LogP contribution >= 0.6 is 10.7 Å². The van der Waals surface area contributed by atoms with Crippen molar-refractivity contribution in [2.24, 2.45) is 5.92 Å². The average Bonchev–Trinajstić information content (AvgIpc) is 2.16. The minimum Gasteiger partial charge on any atom is -0.323 e. The van der Waals surface area contributed by atoms with E-state index in [1.165, 1.54) is 6.07 Å². The maximum Gasteiger partial charge on any atom is 0.261 e. The van der Waals surface area contributed by atoms with Crippen molar-refractivity contribution in [1.82, 2.24) is 0 Å². The van der Waals surface area contributed by atoms with E-state index in [4.69, 9.17) is 10.7 Å². The van der Waals surface area contributed by atoms with E-state index in [2.05, 4.69) is 5.32 Å². The molecule has 1 aromatic rings. The molecule has 0 saturated heterocycles. The zero-order valence-corrected chi connectivity index (χ0v) is 10.9. The molecule has 18 heavy (non-hydrogen) atoms. The Labute approximate surface area is 109 Å². The van der Waals surface area contributed by atoms with Crippen LogP contribution in [0.4, 0.5) is 10.1 Å². The topological polar surface area (TPSA) is 63.2 Å². The number of benzene rings is 1. The maximum atomic E-state index is 13.6. The van der Waals surface area contributed by atoms with Crippen LogP contribution in [0.2, 0.25) is 0 Å². The molecule has 0 radical (unpaired) electrons. The molecule has 1 N–H and O–H groups in total. The lowest BCUT2D eigenvalue weighted by molar-refractivity contribution is -0.122. The fourth-order valence-electron chi connectivity index (χ4n) is 1.65. The number of hydrogen-bond donors (Lipinski definition) is 1. The second-order valence-corrected chi connectivity index (χ2v) is 6.76. The van der Waals surface area contributed by atoms with Gasteiger partial charge >= 0.3 is 0 Å². The summed E-state index contributed by atoms with van der Waals surface area (Å²) in [5.74, 6) is -1.12. The van der Waals surface area contributed by atoms with Gasteiger partial charge in [-0.25, -0.2) is 12.8 Å². The molecule has 1 aliphatic carbocycles. The zero-order chi connectivity index (χ0) is 13.3. The van der Waals surface area contributed by atoms with E-state index in [1.54, 1.807) is 0 Å². The average molecular weight is 292 g/mol. The van der Waals surface area contributed by atoms with Crippen molar-refractivity contribution in [2.75, 3.05) is 5.32 Å². The summed E-state index contributed by atoms with van der Waals surface area (Å²) < 4.78 is 35.6. The molecule has 1 saturated carbocycles. The number of hydrogen-bond acceptors (Lipinski definition) is 3. The van der Waals surface area contributed by atoms with Gasteiger partial charge in [0.1, 0.15) is 5.82 Å². The van der Waals surface area contributed by atoms with Crippen LogP contribution in [-0.2, 0) is 13.8 Å².